The van der Waals surface area contributed by atoms with E-state index < -0.39 is 12.1 Å². The summed E-state index contributed by atoms with van der Waals surface area (Å²) in [4.78, 5) is 26.0. The van der Waals surface area contributed by atoms with E-state index >= 15 is 0 Å². The second-order valence-electron chi connectivity index (χ2n) is 6.06. The van der Waals surface area contributed by atoms with E-state index in [4.69, 9.17) is 14.2 Å². The van der Waals surface area contributed by atoms with Crippen molar-refractivity contribution < 1.29 is 23.8 Å². The lowest BCUT2D eigenvalue weighted by Gasteiger charge is -2.34. The molecule has 1 aromatic rings. The van der Waals surface area contributed by atoms with E-state index in [1.54, 1.807) is 18.2 Å². The number of nitrogens with zero attached hydrogens (tertiary/aromatic N) is 1. The Kier molecular flexibility index (Phi) is 4.89. The minimum Gasteiger partial charge on any atom is -0.477 e. The molecule has 1 aromatic carbocycles. The van der Waals surface area contributed by atoms with Crippen molar-refractivity contribution in [1.82, 2.24) is 5.32 Å². The number of carbonyl (C=O) groups excluding carboxylic acids is 2. The van der Waals surface area contributed by atoms with E-state index in [2.05, 4.69) is 5.32 Å². The molecule has 0 saturated carbocycles. The van der Waals surface area contributed by atoms with Gasteiger partial charge in [0.1, 0.15) is 5.75 Å². The Morgan fingerprint density at radius 2 is 2.04 bits per heavy atom. The van der Waals surface area contributed by atoms with Crippen LogP contribution in [0.25, 0.3) is 0 Å². The summed E-state index contributed by atoms with van der Waals surface area (Å²) < 4.78 is 15.9. The summed E-state index contributed by atoms with van der Waals surface area (Å²) in [6, 6.07) is 5.19. The maximum absolute atomic E-state index is 12.5. The van der Waals surface area contributed by atoms with Crippen molar-refractivity contribution in [2.45, 2.75) is 25.0 Å². The van der Waals surface area contributed by atoms with E-state index in [1.165, 1.54) is 7.11 Å². The number of ether oxygens (including phenoxy) is 3. The van der Waals surface area contributed by atoms with Crippen molar-refractivity contribution in [3.63, 3.8) is 0 Å². The molecule has 0 aromatic heterocycles. The predicted octanol–water partition coefficient (Wildman–Crippen LogP) is 0.966. The lowest BCUT2D eigenvalue weighted by Crippen LogP contribution is -2.51. The first-order valence-corrected chi connectivity index (χ1v) is 8.06. The molecule has 1 saturated heterocycles. The molecular formula is C17H22N2O5. The molecule has 2 aliphatic rings. The summed E-state index contributed by atoms with van der Waals surface area (Å²) in [5, 5.41) is 3.03. The molecule has 1 N–H and O–H groups in total. The molecular weight excluding hydrogens is 312 g/mol. The van der Waals surface area contributed by atoms with Gasteiger partial charge in [0.25, 0.3) is 5.91 Å². The third-order valence-electron chi connectivity index (χ3n) is 4.36. The monoisotopic (exact) mass is 334 g/mol. The van der Waals surface area contributed by atoms with Gasteiger partial charge in [-0.05, 0) is 31.0 Å². The molecule has 2 aliphatic heterocycles. The van der Waals surface area contributed by atoms with E-state index in [0.29, 0.717) is 31.1 Å². The van der Waals surface area contributed by atoms with Gasteiger partial charge in [-0.25, -0.2) is 4.79 Å². The van der Waals surface area contributed by atoms with Crippen molar-refractivity contribution >= 4 is 17.6 Å². The molecule has 0 radical (unpaired) electrons. The van der Waals surface area contributed by atoms with Crippen LogP contribution in [0.15, 0.2) is 18.2 Å². The standard InChI is InChI=1S/C17H22N2O5/c1-19-10-15(16(20)18-12-5-7-23-8-6-12)24-14-4-3-11(9-13(14)19)17(21)22-2/h3-4,9,12,15H,5-8,10H2,1-2H3,(H,18,20). The van der Waals surface area contributed by atoms with Crippen LogP contribution in [-0.4, -0.2) is 57.9 Å². The molecule has 2 heterocycles. The van der Waals surface area contributed by atoms with Crippen LogP contribution in [0.1, 0.15) is 23.2 Å². The number of anilines is 1. The maximum atomic E-state index is 12.5. The minimum absolute atomic E-state index is 0.114. The third kappa shape index (κ3) is 3.46. The average Bonchev–Trinajstić information content (AvgIpc) is 2.61. The van der Waals surface area contributed by atoms with Gasteiger partial charge in [0.2, 0.25) is 0 Å². The number of hydrogen-bond acceptors (Lipinski definition) is 6. The Labute approximate surface area is 140 Å². The van der Waals surface area contributed by atoms with Gasteiger partial charge in [-0.2, -0.15) is 0 Å². The van der Waals surface area contributed by atoms with Crippen molar-refractivity contribution in [1.29, 1.82) is 0 Å². The second-order valence-corrected chi connectivity index (χ2v) is 6.06. The molecule has 1 fully saturated rings. The molecule has 130 valence electrons. The normalized spacial score (nSPS) is 20.8. The molecule has 3 rings (SSSR count). The summed E-state index contributed by atoms with van der Waals surface area (Å²) in [6.07, 6.45) is 1.08. The molecule has 1 unspecified atom stereocenters. The number of hydrogen-bond donors (Lipinski definition) is 1. The minimum atomic E-state index is -0.575. The summed E-state index contributed by atoms with van der Waals surface area (Å²) in [7, 11) is 3.22. The van der Waals surface area contributed by atoms with Crippen LogP contribution in [-0.2, 0) is 14.3 Å². The fourth-order valence-electron chi connectivity index (χ4n) is 2.97. The predicted molar refractivity (Wildman–Crippen MR) is 87.5 cm³/mol. The second kappa shape index (κ2) is 7.09. The number of nitrogens with one attached hydrogen (secondary N) is 1. The number of methoxy groups -OCH3 is 1. The zero-order valence-electron chi connectivity index (χ0n) is 13.9. The summed E-state index contributed by atoms with van der Waals surface area (Å²) >= 11 is 0. The molecule has 0 spiro atoms. The first-order valence-electron chi connectivity index (χ1n) is 8.06. The lowest BCUT2D eigenvalue weighted by atomic mass is 10.1. The van der Waals surface area contributed by atoms with Gasteiger partial charge in [-0.3, -0.25) is 4.79 Å². The summed E-state index contributed by atoms with van der Waals surface area (Å²) in [6.45, 7) is 1.78. The molecule has 7 nitrogen and oxygen atoms in total. The number of carbonyl (C=O) groups is 2. The van der Waals surface area contributed by atoms with Crippen LogP contribution in [0, 0.1) is 0 Å². The largest absolute Gasteiger partial charge is 0.477 e. The highest BCUT2D eigenvalue weighted by molar-refractivity contribution is 5.91. The fraction of sp³-hybridized carbons (Fsp3) is 0.529. The first-order chi connectivity index (χ1) is 11.6. The molecule has 1 amide bonds. The fourth-order valence-corrected chi connectivity index (χ4v) is 2.97. The smallest absolute Gasteiger partial charge is 0.337 e. The van der Waals surface area contributed by atoms with Crippen molar-refractivity contribution in [3.8, 4) is 5.75 Å². The van der Waals surface area contributed by atoms with Crippen LogP contribution in [0.4, 0.5) is 5.69 Å². The molecule has 24 heavy (non-hydrogen) atoms. The van der Waals surface area contributed by atoms with Crippen LogP contribution in [0.2, 0.25) is 0 Å². The average molecular weight is 334 g/mol. The number of fused-ring (bicyclic) bond motifs is 1. The van der Waals surface area contributed by atoms with Gasteiger partial charge >= 0.3 is 5.97 Å². The highest BCUT2D eigenvalue weighted by atomic mass is 16.5. The Morgan fingerprint density at radius 3 is 2.75 bits per heavy atom. The zero-order valence-corrected chi connectivity index (χ0v) is 13.9. The van der Waals surface area contributed by atoms with Crippen LogP contribution >= 0.6 is 0 Å². The van der Waals surface area contributed by atoms with E-state index in [1.807, 2.05) is 11.9 Å². The molecule has 0 bridgehead atoms. The number of benzene rings is 1. The Hall–Kier alpha value is -2.28. The molecule has 1 atom stereocenters. The number of likely N-dealkylation sites (N-methyl/N-ethyl adjacent to an activating group) is 1. The highest BCUT2D eigenvalue weighted by Gasteiger charge is 2.31. The Balaban J connectivity index is 1.69. The summed E-state index contributed by atoms with van der Waals surface area (Å²) in [5.41, 5.74) is 1.23. The van der Waals surface area contributed by atoms with E-state index in [0.717, 1.165) is 18.5 Å². The lowest BCUT2D eigenvalue weighted by molar-refractivity contribution is -0.129. The topological polar surface area (TPSA) is 77.1 Å². The third-order valence-corrected chi connectivity index (χ3v) is 4.36. The quantitative estimate of drug-likeness (QED) is 0.830. The Bertz CT molecular complexity index is 627. The number of rotatable bonds is 3. The molecule has 0 aliphatic carbocycles. The van der Waals surface area contributed by atoms with Gasteiger partial charge in [0.05, 0.1) is 24.9 Å². The SMILES string of the molecule is COC(=O)c1ccc2c(c1)N(C)CC(C(=O)NC1CCOCC1)O2. The van der Waals surface area contributed by atoms with Crippen LogP contribution in [0.3, 0.4) is 0 Å². The number of amides is 1. The van der Waals surface area contributed by atoms with Gasteiger partial charge in [-0.15, -0.1) is 0 Å². The highest BCUT2D eigenvalue weighted by Crippen LogP contribution is 2.33. The van der Waals surface area contributed by atoms with Crippen molar-refractivity contribution in [3.05, 3.63) is 23.8 Å². The van der Waals surface area contributed by atoms with Gasteiger partial charge < -0.3 is 24.4 Å². The van der Waals surface area contributed by atoms with Gasteiger partial charge in [-0.1, -0.05) is 0 Å². The van der Waals surface area contributed by atoms with Gasteiger partial charge in [0.15, 0.2) is 6.10 Å². The van der Waals surface area contributed by atoms with Gasteiger partial charge in [0, 0.05) is 26.3 Å². The van der Waals surface area contributed by atoms with Crippen molar-refractivity contribution in [2.75, 3.05) is 38.8 Å². The van der Waals surface area contributed by atoms with Crippen molar-refractivity contribution in [2.24, 2.45) is 0 Å². The summed E-state index contributed by atoms with van der Waals surface area (Å²) in [5.74, 6) is 0.0746. The van der Waals surface area contributed by atoms with E-state index in [9.17, 15) is 9.59 Å². The zero-order chi connectivity index (χ0) is 17.1. The first kappa shape index (κ1) is 16.6. The number of esters is 1. The van der Waals surface area contributed by atoms with Crippen LogP contribution in [0.5, 0.6) is 5.75 Å². The maximum Gasteiger partial charge on any atom is 0.337 e. The van der Waals surface area contributed by atoms with Crippen LogP contribution < -0.4 is 15.0 Å². The van der Waals surface area contributed by atoms with E-state index in [-0.39, 0.29) is 11.9 Å². The molecule has 7 heteroatoms. The Morgan fingerprint density at radius 1 is 1.29 bits per heavy atom.